The van der Waals surface area contributed by atoms with Crippen molar-refractivity contribution in [3.05, 3.63) is 30.2 Å². The smallest absolute Gasteiger partial charge is 0.230 e. The highest BCUT2D eigenvalue weighted by Gasteiger charge is 2.57. The molecule has 1 aromatic carbocycles. The number of sulfone groups is 1. The Morgan fingerprint density at radius 1 is 1.21 bits per heavy atom. The average molecular weight is 370 g/mol. The molecule has 2 heterocycles. The van der Waals surface area contributed by atoms with Crippen molar-refractivity contribution in [1.82, 2.24) is 15.5 Å². The van der Waals surface area contributed by atoms with E-state index in [-0.39, 0.29) is 12.4 Å². The Hall–Kier alpha value is -1.44. The molecule has 1 aliphatic heterocycles. The predicted octanol–water partition coefficient (Wildman–Crippen LogP) is 2.42. The lowest BCUT2D eigenvalue weighted by Crippen LogP contribution is -2.29. The molecule has 24 heavy (non-hydrogen) atoms. The standard InChI is InChI=1S/C16H19N3O3S.ClH/c1-23(20,21)12-4-2-11(3-5-12)14-18-15(22-19-14)13-10-16(13)6-8-17-9-7-16;/h2-5,13,17H,6-10H2,1H3;1H. The number of benzene rings is 1. The Bertz CT molecular complexity index is 827. The van der Waals surface area contributed by atoms with E-state index in [1.807, 2.05) is 0 Å². The van der Waals surface area contributed by atoms with Gasteiger partial charge in [0, 0.05) is 17.7 Å². The summed E-state index contributed by atoms with van der Waals surface area (Å²) < 4.78 is 28.5. The molecule has 1 atom stereocenters. The molecule has 8 heteroatoms. The van der Waals surface area contributed by atoms with Crippen molar-refractivity contribution in [3.63, 3.8) is 0 Å². The molecule has 1 spiro atoms. The molecule has 1 saturated carbocycles. The summed E-state index contributed by atoms with van der Waals surface area (Å²) in [6.45, 7) is 2.12. The van der Waals surface area contributed by atoms with Gasteiger partial charge in [-0.15, -0.1) is 12.4 Å². The van der Waals surface area contributed by atoms with Crippen molar-refractivity contribution >= 4 is 22.2 Å². The highest BCUT2D eigenvalue weighted by molar-refractivity contribution is 7.90. The maximum Gasteiger partial charge on any atom is 0.230 e. The maximum atomic E-state index is 11.5. The molecule has 2 fully saturated rings. The van der Waals surface area contributed by atoms with Crippen molar-refractivity contribution in [2.24, 2.45) is 5.41 Å². The number of aromatic nitrogens is 2. The zero-order valence-electron chi connectivity index (χ0n) is 13.4. The Kier molecular flexibility index (Phi) is 4.44. The summed E-state index contributed by atoms with van der Waals surface area (Å²) >= 11 is 0. The van der Waals surface area contributed by atoms with Crippen LogP contribution in [-0.2, 0) is 9.84 Å². The highest BCUT2D eigenvalue weighted by Crippen LogP contribution is 2.63. The summed E-state index contributed by atoms with van der Waals surface area (Å²) in [4.78, 5) is 4.83. The molecule has 0 bridgehead atoms. The normalized spacial score (nSPS) is 22.1. The van der Waals surface area contributed by atoms with E-state index in [0.717, 1.165) is 25.1 Å². The van der Waals surface area contributed by atoms with E-state index in [0.29, 0.717) is 27.9 Å². The second-order valence-corrected chi connectivity index (χ2v) is 8.64. The number of nitrogens with zero attached hydrogens (tertiary/aromatic N) is 2. The predicted molar refractivity (Wildman–Crippen MR) is 92.0 cm³/mol. The van der Waals surface area contributed by atoms with Gasteiger partial charge in [0.15, 0.2) is 9.84 Å². The number of nitrogens with one attached hydrogen (secondary N) is 1. The first-order valence-corrected chi connectivity index (χ1v) is 9.72. The van der Waals surface area contributed by atoms with Crippen LogP contribution < -0.4 is 5.32 Å². The van der Waals surface area contributed by atoms with Crippen molar-refractivity contribution in [2.45, 2.75) is 30.1 Å². The fourth-order valence-corrected chi connectivity index (χ4v) is 4.15. The van der Waals surface area contributed by atoms with Crippen molar-refractivity contribution in [3.8, 4) is 11.4 Å². The van der Waals surface area contributed by atoms with Gasteiger partial charge in [-0.3, -0.25) is 0 Å². The summed E-state index contributed by atoms with van der Waals surface area (Å²) in [7, 11) is -3.19. The van der Waals surface area contributed by atoms with Crippen LogP contribution in [0.5, 0.6) is 0 Å². The van der Waals surface area contributed by atoms with Crippen molar-refractivity contribution in [2.75, 3.05) is 19.3 Å². The first kappa shape index (κ1) is 17.4. The first-order valence-electron chi connectivity index (χ1n) is 7.83. The van der Waals surface area contributed by atoms with E-state index in [1.54, 1.807) is 24.3 Å². The van der Waals surface area contributed by atoms with Gasteiger partial charge in [-0.2, -0.15) is 4.98 Å². The van der Waals surface area contributed by atoms with Crippen LogP contribution in [0.1, 0.15) is 31.1 Å². The molecule has 0 amide bonds. The Balaban J connectivity index is 0.00000169. The lowest BCUT2D eigenvalue weighted by atomic mass is 9.92. The molecular weight excluding hydrogens is 350 g/mol. The fraction of sp³-hybridized carbons (Fsp3) is 0.500. The number of hydrogen-bond donors (Lipinski definition) is 1. The van der Waals surface area contributed by atoms with E-state index >= 15 is 0 Å². The Morgan fingerprint density at radius 3 is 2.50 bits per heavy atom. The summed E-state index contributed by atoms with van der Waals surface area (Å²) in [6.07, 6.45) is 4.65. The van der Waals surface area contributed by atoms with Crippen LogP contribution in [0.3, 0.4) is 0 Å². The molecule has 1 aliphatic carbocycles. The van der Waals surface area contributed by atoms with Crippen LogP contribution in [0.15, 0.2) is 33.7 Å². The third kappa shape index (κ3) is 3.08. The fourth-order valence-electron chi connectivity index (χ4n) is 3.52. The van der Waals surface area contributed by atoms with E-state index in [1.165, 1.54) is 19.1 Å². The molecule has 1 saturated heterocycles. The Morgan fingerprint density at radius 2 is 1.88 bits per heavy atom. The van der Waals surface area contributed by atoms with Crippen LogP contribution in [0.2, 0.25) is 0 Å². The van der Waals surface area contributed by atoms with Gasteiger partial charge in [0.1, 0.15) is 0 Å². The number of rotatable bonds is 3. The van der Waals surface area contributed by atoms with Gasteiger partial charge in [-0.25, -0.2) is 8.42 Å². The average Bonchev–Trinajstić information content (AvgIpc) is 3.01. The number of hydrogen-bond acceptors (Lipinski definition) is 6. The van der Waals surface area contributed by atoms with Crippen LogP contribution in [-0.4, -0.2) is 37.9 Å². The van der Waals surface area contributed by atoms with Gasteiger partial charge in [0.25, 0.3) is 0 Å². The Labute approximate surface area is 147 Å². The minimum atomic E-state index is -3.19. The van der Waals surface area contributed by atoms with Crippen molar-refractivity contribution in [1.29, 1.82) is 0 Å². The largest absolute Gasteiger partial charge is 0.339 e. The third-order valence-electron chi connectivity index (χ3n) is 5.07. The van der Waals surface area contributed by atoms with Crippen LogP contribution in [0.4, 0.5) is 0 Å². The van der Waals surface area contributed by atoms with Crippen LogP contribution in [0.25, 0.3) is 11.4 Å². The van der Waals surface area contributed by atoms with E-state index in [2.05, 4.69) is 15.5 Å². The van der Waals surface area contributed by atoms with Crippen molar-refractivity contribution < 1.29 is 12.9 Å². The highest BCUT2D eigenvalue weighted by atomic mass is 35.5. The van der Waals surface area contributed by atoms with Gasteiger partial charge < -0.3 is 9.84 Å². The molecule has 4 rings (SSSR count). The van der Waals surface area contributed by atoms with Gasteiger partial charge in [-0.05, 0) is 62.0 Å². The summed E-state index contributed by atoms with van der Waals surface area (Å²) in [6, 6.07) is 6.59. The molecule has 1 aromatic heterocycles. The molecule has 1 unspecified atom stereocenters. The second kappa shape index (κ2) is 6.13. The van der Waals surface area contributed by atoms with Crippen LogP contribution >= 0.6 is 12.4 Å². The molecule has 1 N–H and O–H groups in total. The minimum absolute atomic E-state index is 0. The van der Waals surface area contributed by atoms with Crippen LogP contribution in [0, 0.1) is 5.41 Å². The zero-order valence-corrected chi connectivity index (χ0v) is 15.0. The minimum Gasteiger partial charge on any atom is -0.339 e. The lowest BCUT2D eigenvalue weighted by molar-refractivity contribution is 0.311. The SMILES string of the molecule is CS(=O)(=O)c1ccc(-c2noc(C3CC34CCNCC4)n2)cc1.Cl. The second-order valence-electron chi connectivity index (χ2n) is 6.62. The van der Waals surface area contributed by atoms with Gasteiger partial charge in [0.2, 0.25) is 11.7 Å². The van der Waals surface area contributed by atoms with Gasteiger partial charge in [-0.1, -0.05) is 5.16 Å². The van der Waals surface area contributed by atoms with E-state index in [9.17, 15) is 8.42 Å². The van der Waals surface area contributed by atoms with Gasteiger partial charge >= 0.3 is 0 Å². The molecular formula is C16H20ClN3O3S. The zero-order chi connectivity index (χ0) is 16.1. The maximum absolute atomic E-state index is 11.5. The third-order valence-corrected chi connectivity index (χ3v) is 6.20. The lowest BCUT2D eigenvalue weighted by Gasteiger charge is -2.22. The quantitative estimate of drug-likeness (QED) is 0.894. The molecule has 2 aromatic rings. The van der Waals surface area contributed by atoms with E-state index < -0.39 is 9.84 Å². The molecule has 6 nitrogen and oxygen atoms in total. The van der Waals surface area contributed by atoms with E-state index in [4.69, 9.17) is 4.52 Å². The summed E-state index contributed by atoms with van der Waals surface area (Å²) in [5.74, 6) is 1.62. The number of piperidine rings is 1. The molecule has 0 radical (unpaired) electrons. The topological polar surface area (TPSA) is 85.1 Å². The molecule has 130 valence electrons. The molecule has 2 aliphatic rings. The summed E-state index contributed by atoms with van der Waals surface area (Å²) in [5.41, 5.74) is 1.13. The first-order chi connectivity index (χ1) is 11.0. The number of halogens is 1. The van der Waals surface area contributed by atoms with Gasteiger partial charge in [0.05, 0.1) is 4.90 Å². The monoisotopic (exact) mass is 369 g/mol. The summed E-state index contributed by atoms with van der Waals surface area (Å²) in [5, 5.41) is 7.45.